The van der Waals surface area contributed by atoms with E-state index >= 15 is 0 Å². The Balaban J connectivity index is 0.000000811. The first-order chi connectivity index (χ1) is 7.79. The van der Waals surface area contributed by atoms with Gasteiger partial charge in [0.1, 0.15) is 11.5 Å². The number of rotatable bonds is 1. The Bertz CT molecular complexity index is 414. The molecule has 0 aromatic heterocycles. The molecule has 0 spiro atoms. The van der Waals surface area contributed by atoms with Crippen LogP contribution >= 0.6 is 0 Å². The van der Waals surface area contributed by atoms with Gasteiger partial charge in [-0.3, -0.25) is 0 Å². The summed E-state index contributed by atoms with van der Waals surface area (Å²) in [6.07, 6.45) is 0. The van der Waals surface area contributed by atoms with Crippen molar-refractivity contribution < 1.29 is 15.3 Å². The van der Waals surface area contributed by atoms with E-state index in [-0.39, 0.29) is 41.1 Å². The van der Waals surface area contributed by atoms with Crippen LogP contribution in [0.15, 0.2) is 48.5 Å². The third-order valence-electron chi connectivity index (χ3n) is 2.10. The Hall–Kier alpha value is -1.000. The normalized spacial score (nSPS) is 8.59. The number of phenols is 2. The predicted molar refractivity (Wildman–Crippen MR) is 69.1 cm³/mol. The molecule has 3 N–H and O–H groups in total. The topological polar surface area (TPSA) is 60.7 Å². The van der Waals surface area contributed by atoms with Crippen molar-refractivity contribution in [2.24, 2.45) is 0 Å². The van der Waals surface area contributed by atoms with E-state index in [2.05, 4.69) is 0 Å². The molecule has 0 bridgehead atoms. The van der Waals surface area contributed by atoms with Gasteiger partial charge >= 0.3 is 0 Å². The minimum Gasteiger partial charge on any atom is -0.507 e. The molecule has 0 aliphatic carbocycles. The van der Waals surface area contributed by atoms with Gasteiger partial charge in [-0.2, -0.15) is 0 Å². The molecule has 2 rings (SSSR count). The van der Waals surface area contributed by atoms with Crippen LogP contribution in [0.4, 0.5) is 0 Å². The number of aliphatic hydroxyl groups excluding tert-OH is 1. The summed E-state index contributed by atoms with van der Waals surface area (Å²) in [5, 5.41) is 26.2. The molecule has 1 radical (unpaired) electrons. The smallest absolute Gasteiger partial charge is 0.123 e. The van der Waals surface area contributed by atoms with Crippen LogP contribution in [-0.2, 0) is 0 Å². The van der Waals surface area contributed by atoms with Crippen molar-refractivity contribution in [3.8, 4) is 22.6 Å². The van der Waals surface area contributed by atoms with E-state index in [1.165, 1.54) is 0 Å². The second-order valence-electron chi connectivity index (χ2n) is 3.03. The van der Waals surface area contributed by atoms with Gasteiger partial charge < -0.3 is 15.3 Å². The summed E-state index contributed by atoms with van der Waals surface area (Å²) in [4.78, 5) is 0. The summed E-state index contributed by atoms with van der Waals surface area (Å²) >= 11 is 0. The SMILES string of the molecule is CO.Oc1ccccc1-c1ccccc1O.[Na]. The second kappa shape index (κ2) is 8.14. The van der Waals surface area contributed by atoms with Gasteiger partial charge in [0.05, 0.1) is 0 Å². The van der Waals surface area contributed by atoms with Crippen molar-refractivity contribution in [1.29, 1.82) is 0 Å². The van der Waals surface area contributed by atoms with E-state index in [9.17, 15) is 10.2 Å². The molecule has 0 aliphatic heterocycles. The van der Waals surface area contributed by atoms with Gasteiger partial charge in [0.25, 0.3) is 0 Å². The molecule has 2 aromatic rings. The molecule has 0 amide bonds. The summed E-state index contributed by atoms with van der Waals surface area (Å²) in [6, 6.07) is 13.9. The molecule has 2 aromatic carbocycles. The molecule has 4 heteroatoms. The largest absolute Gasteiger partial charge is 0.507 e. The molecule has 0 aliphatic rings. The molecular weight excluding hydrogens is 227 g/mol. The molecular formula is C13H14NaO3. The average Bonchev–Trinajstić information content (AvgIpc) is 2.34. The second-order valence-corrected chi connectivity index (χ2v) is 3.03. The monoisotopic (exact) mass is 241 g/mol. The number of hydrogen-bond acceptors (Lipinski definition) is 3. The Morgan fingerprint density at radius 2 is 0.941 bits per heavy atom. The third-order valence-corrected chi connectivity index (χ3v) is 2.10. The summed E-state index contributed by atoms with van der Waals surface area (Å²) in [6.45, 7) is 0. The van der Waals surface area contributed by atoms with Crippen LogP contribution in [0.2, 0.25) is 0 Å². The van der Waals surface area contributed by atoms with Crippen LogP contribution in [0.5, 0.6) is 11.5 Å². The minimum absolute atomic E-state index is 0. The molecule has 0 atom stereocenters. The molecule has 85 valence electrons. The van der Waals surface area contributed by atoms with Crippen molar-refractivity contribution >= 4 is 29.6 Å². The average molecular weight is 241 g/mol. The van der Waals surface area contributed by atoms with Gasteiger partial charge in [0.15, 0.2) is 0 Å². The maximum absolute atomic E-state index is 9.58. The Labute approximate surface area is 123 Å². The van der Waals surface area contributed by atoms with Crippen molar-refractivity contribution in [3.63, 3.8) is 0 Å². The fraction of sp³-hybridized carbons (Fsp3) is 0.0769. The van der Waals surface area contributed by atoms with Crippen LogP contribution in [0.25, 0.3) is 11.1 Å². The number of aromatic hydroxyl groups is 2. The summed E-state index contributed by atoms with van der Waals surface area (Å²) in [5.74, 6) is 0.350. The quantitative estimate of drug-likeness (QED) is 0.669. The van der Waals surface area contributed by atoms with E-state index in [0.717, 1.165) is 7.11 Å². The number of phenolic OH excluding ortho intramolecular Hbond substituents is 2. The van der Waals surface area contributed by atoms with E-state index in [1.54, 1.807) is 36.4 Å². The van der Waals surface area contributed by atoms with E-state index in [1.807, 2.05) is 12.1 Å². The molecule has 0 saturated carbocycles. The summed E-state index contributed by atoms with van der Waals surface area (Å²) < 4.78 is 0. The van der Waals surface area contributed by atoms with Crippen molar-refractivity contribution in [2.45, 2.75) is 0 Å². The summed E-state index contributed by atoms with van der Waals surface area (Å²) in [7, 11) is 1.00. The number of aliphatic hydroxyl groups is 1. The van der Waals surface area contributed by atoms with E-state index in [4.69, 9.17) is 5.11 Å². The zero-order valence-corrected chi connectivity index (χ0v) is 12.0. The fourth-order valence-corrected chi connectivity index (χ4v) is 1.40. The first-order valence-corrected chi connectivity index (χ1v) is 4.80. The van der Waals surface area contributed by atoms with E-state index in [0.29, 0.717) is 11.1 Å². The zero-order chi connectivity index (χ0) is 12.0. The Morgan fingerprint density at radius 3 is 1.24 bits per heavy atom. The minimum atomic E-state index is 0. The molecule has 0 unspecified atom stereocenters. The van der Waals surface area contributed by atoms with Crippen molar-refractivity contribution in [1.82, 2.24) is 0 Å². The Morgan fingerprint density at radius 1 is 0.647 bits per heavy atom. The first-order valence-electron chi connectivity index (χ1n) is 4.80. The molecule has 3 nitrogen and oxygen atoms in total. The standard InChI is InChI=1S/C12H10O2.CH4O.Na/c13-11-7-3-1-5-9(11)10-6-2-4-8-12(10)14;1-2;/h1-8,13-14H;2H,1H3;. The van der Waals surface area contributed by atoms with Gasteiger partial charge in [0, 0.05) is 47.8 Å². The number of para-hydroxylation sites is 2. The number of benzene rings is 2. The van der Waals surface area contributed by atoms with Crippen LogP contribution < -0.4 is 0 Å². The molecule has 17 heavy (non-hydrogen) atoms. The third kappa shape index (κ3) is 4.06. The molecule has 0 heterocycles. The molecule has 0 saturated heterocycles. The molecule has 0 fully saturated rings. The van der Waals surface area contributed by atoms with Crippen LogP contribution in [0.3, 0.4) is 0 Å². The summed E-state index contributed by atoms with van der Waals surface area (Å²) in [5.41, 5.74) is 1.29. The Kier molecular flexibility index (Phi) is 7.66. The van der Waals surface area contributed by atoms with Gasteiger partial charge in [-0.15, -0.1) is 0 Å². The maximum atomic E-state index is 9.58. The van der Waals surface area contributed by atoms with Crippen molar-refractivity contribution in [3.05, 3.63) is 48.5 Å². The predicted octanol–water partition coefficient (Wildman–Crippen LogP) is 1.99. The van der Waals surface area contributed by atoms with Crippen LogP contribution in [0, 0.1) is 0 Å². The van der Waals surface area contributed by atoms with E-state index < -0.39 is 0 Å². The maximum Gasteiger partial charge on any atom is 0.123 e. The van der Waals surface area contributed by atoms with Crippen LogP contribution in [0.1, 0.15) is 0 Å². The first kappa shape index (κ1) is 16.0. The van der Waals surface area contributed by atoms with Crippen molar-refractivity contribution in [2.75, 3.05) is 7.11 Å². The fourth-order valence-electron chi connectivity index (χ4n) is 1.40. The van der Waals surface area contributed by atoms with Gasteiger partial charge in [0.2, 0.25) is 0 Å². The number of hydrogen-bond donors (Lipinski definition) is 3. The van der Waals surface area contributed by atoms with Crippen LogP contribution in [-0.4, -0.2) is 52.0 Å². The zero-order valence-electron chi connectivity index (χ0n) is 9.96. The van der Waals surface area contributed by atoms with Gasteiger partial charge in [-0.1, -0.05) is 36.4 Å². The van der Waals surface area contributed by atoms with Gasteiger partial charge in [-0.25, -0.2) is 0 Å². The van der Waals surface area contributed by atoms with Gasteiger partial charge in [-0.05, 0) is 12.1 Å².